The molecule has 112 valence electrons. The fourth-order valence-electron chi connectivity index (χ4n) is 2.66. The van der Waals surface area contributed by atoms with Crippen LogP contribution in [0.3, 0.4) is 0 Å². The van der Waals surface area contributed by atoms with Crippen molar-refractivity contribution < 1.29 is 14.6 Å². The zero-order chi connectivity index (χ0) is 14.5. The summed E-state index contributed by atoms with van der Waals surface area (Å²) in [5, 5.41) is 13.4. The molecular weight excluding hydrogens is 260 g/mol. The molecule has 1 aliphatic heterocycles. The number of aliphatic hydroxyl groups excluding tert-OH is 1. The number of piperidine rings is 1. The number of hydrogen-bond acceptors (Lipinski definition) is 5. The van der Waals surface area contributed by atoms with Crippen molar-refractivity contribution in [1.29, 1.82) is 0 Å². The number of aryl methyl sites for hydroxylation is 1. The summed E-state index contributed by atoms with van der Waals surface area (Å²) in [6.07, 6.45) is 1.94. The summed E-state index contributed by atoms with van der Waals surface area (Å²) in [7, 11) is 1.53. The molecule has 1 aromatic rings. The molecule has 20 heavy (non-hydrogen) atoms. The second kappa shape index (κ2) is 6.81. The van der Waals surface area contributed by atoms with E-state index in [2.05, 4.69) is 10.1 Å². The van der Waals surface area contributed by atoms with E-state index in [0.29, 0.717) is 18.9 Å². The first-order valence-electron chi connectivity index (χ1n) is 6.94. The molecule has 1 saturated heterocycles. The van der Waals surface area contributed by atoms with Crippen molar-refractivity contribution in [2.24, 2.45) is 0 Å². The van der Waals surface area contributed by atoms with Crippen molar-refractivity contribution in [3.05, 3.63) is 11.6 Å². The van der Waals surface area contributed by atoms with E-state index in [1.807, 2.05) is 11.8 Å². The number of methoxy groups -OCH3 is 1. The number of amides is 1. The molecule has 1 atom stereocenters. The van der Waals surface area contributed by atoms with Gasteiger partial charge in [-0.15, -0.1) is 0 Å². The highest BCUT2D eigenvalue weighted by atomic mass is 16.5. The second-order valence-corrected chi connectivity index (χ2v) is 5.08. The monoisotopic (exact) mass is 282 g/mol. The van der Waals surface area contributed by atoms with Crippen molar-refractivity contribution in [2.45, 2.75) is 32.2 Å². The van der Waals surface area contributed by atoms with E-state index in [0.717, 1.165) is 25.2 Å². The van der Waals surface area contributed by atoms with Gasteiger partial charge in [-0.05, 0) is 19.8 Å². The highest BCUT2D eigenvalue weighted by Crippen LogP contribution is 2.25. The Balaban J connectivity index is 2.10. The first kappa shape index (κ1) is 14.9. The summed E-state index contributed by atoms with van der Waals surface area (Å²) >= 11 is 0. The number of likely N-dealkylation sites (tertiary alicyclic amines) is 1. The van der Waals surface area contributed by atoms with Crippen LogP contribution < -0.4 is 0 Å². The third-order valence-corrected chi connectivity index (χ3v) is 3.53. The molecule has 0 bridgehead atoms. The van der Waals surface area contributed by atoms with E-state index in [-0.39, 0.29) is 25.0 Å². The summed E-state index contributed by atoms with van der Waals surface area (Å²) in [5.74, 6) is 1.76. The quantitative estimate of drug-likeness (QED) is 0.818. The summed E-state index contributed by atoms with van der Waals surface area (Å²) in [6.45, 7) is 3.86. The molecule has 7 heteroatoms. The fraction of sp³-hybridized carbons (Fsp3) is 0.769. The van der Waals surface area contributed by atoms with Crippen LogP contribution in [0.15, 0.2) is 0 Å². The summed E-state index contributed by atoms with van der Waals surface area (Å²) in [4.78, 5) is 18.2. The van der Waals surface area contributed by atoms with Crippen LogP contribution in [-0.4, -0.2) is 64.1 Å². The minimum absolute atomic E-state index is 0.0159. The van der Waals surface area contributed by atoms with E-state index < -0.39 is 0 Å². The predicted molar refractivity (Wildman–Crippen MR) is 72.3 cm³/mol. The normalized spacial score (nSPS) is 19.4. The Morgan fingerprint density at radius 3 is 3.05 bits per heavy atom. The molecule has 2 heterocycles. The zero-order valence-corrected chi connectivity index (χ0v) is 12.1. The van der Waals surface area contributed by atoms with Crippen molar-refractivity contribution in [2.75, 3.05) is 33.4 Å². The second-order valence-electron chi connectivity index (χ2n) is 5.08. The molecule has 1 N–H and O–H groups in total. The smallest absolute Gasteiger partial charge is 0.248 e. The van der Waals surface area contributed by atoms with E-state index in [9.17, 15) is 4.79 Å². The summed E-state index contributed by atoms with van der Waals surface area (Å²) in [6, 6.07) is 0. The first-order chi connectivity index (χ1) is 9.65. The largest absolute Gasteiger partial charge is 0.394 e. The third-order valence-electron chi connectivity index (χ3n) is 3.53. The number of carbonyl (C=O) groups is 1. The van der Waals surface area contributed by atoms with Crippen LogP contribution in [0.1, 0.15) is 30.4 Å². The van der Waals surface area contributed by atoms with Gasteiger partial charge in [0.05, 0.1) is 13.2 Å². The summed E-state index contributed by atoms with van der Waals surface area (Å²) in [5.41, 5.74) is 0. The minimum Gasteiger partial charge on any atom is -0.394 e. The highest BCUT2D eigenvalue weighted by molar-refractivity contribution is 5.77. The maximum Gasteiger partial charge on any atom is 0.248 e. The molecule has 0 aliphatic carbocycles. The number of carbonyl (C=O) groups excluding carboxylic acids is 1. The van der Waals surface area contributed by atoms with E-state index in [1.165, 1.54) is 7.11 Å². The van der Waals surface area contributed by atoms with Gasteiger partial charge in [-0.2, -0.15) is 5.10 Å². The molecule has 0 aromatic carbocycles. The Labute approximate surface area is 118 Å². The van der Waals surface area contributed by atoms with Gasteiger partial charge in [0, 0.05) is 26.1 Å². The molecule has 1 aromatic heterocycles. The molecular formula is C13H22N4O3. The number of hydrogen-bond donors (Lipinski definition) is 1. The Kier molecular flexibility index (Phi) is 5.08. The van der Waals surface area contributed by atoms with E-state index >= 15 is 0 Å². The average molecular weight is 282 g/mol. The van der Waals surface area contributed by atoms with Crippen LogP contribution in [0, 0.1) is 6.92 Å². The lowest BCUT2D eigenvalue weighted by Crippen LogP contribution is -2.41. The maximum absolute atomic E-state index is 11.9. The number of aliphatic hydroxyl groups is 1. The zero-order valence-electron chi connectivity index (χ0n) is 12.1. The van der Waals surface area contributed by atoms with Crippen LogP contribution >= 0.6 is 0 Å². The van der Waals surface area contributed by atoms with Gasteiger partial charge in [0.15, 0.2) is 0 Å². The Bertz CT molecular complexity index is 460. The standard InChI is InChI=1S/C13H22N4O3/c1-10-14-13(17(15-10)6-7-18)11-4-3-5-16(8-11)12(19)9-20-2/h11,18H,3-9H2,1-2H3. The molecule has 0 saturated carbocycles. The van der Waals surface area contributed by atoms with Crippen molar-refractivity contribution in [1.82, 2.24) is 19.7 Å². The van der Waals surface area contributed by atoms with E-state index in [4.69, 9.17) is 9.84 Å². The van der Waals surface area contributed by atoms with Crippen LogP contribution in [0.4, 0.5) is 0 Å². The van der Waals surface area contributed by atoms with Gasteiger partial charge in [0.25, 0.3) is 0 Å². The lowest BCUT2D eigenvalue weighted by atomic mass is 9.97. The minimum atomic E-state index is 0.0159. The number of nitrogens with zero attached hydrogens (tertiary/aromatic N) is 4. The number of rotatable bonds is 5. The first-order valence-corrected chi connectivity index (χ1v) is 6.94. The molecule has 2 rings (SSSR count). The lowest BCUT2D eigenvalue weighted by molar-refractivity contribution is -0.136. The predicted octanol–water partition coefficient (Wildman–Crippen LogP) is -0.0688. The van der Waals surface area contributed by atoms with Gasteiger partial charge < -0.3 is 14.7 Å². The Morgan fingerprint density at radius 1 is 1.55 bits per heavy atom. The van der Waals surface area contributed by atoms with Crippen LogP contribution in [-0.2, 0) is 16.1 Å². The van der Waals surface area contributed by atoms with Gasteiger partial charge >= 0.3 is 0 Å². The number of ether oxygens (including phenoxy) is 1. The van der Waals surface area contributed by atoms with Crippen LogP contribution in [0.5, 0.6) is 0 Å². The molecule has 0 spiro atoms. The van der Waals surface area contributed by atoms with Gasteiger partial charge in [0.2, 0.25) is 5.91 Å². The average Bonchev–Trinajstić information content (AvgIpc) is 2.81. The van der Waals surface area contributed by atoms with Gasteiger partial charge in [-0.1, -0.05) is 0 Å². The molecule has 1 aliphatic rings. The molecule has 7 nitrogen and oxygen atoms in total. The highest BCUT2D eigenvalue weighted by Gasteiger charge is 2.28. The van der Waals surface area contributed by atoms with Crippen LogP contribution in [0.2, 0.25) is 0 Å². The molecule has 1 unspecified atom stereocenters. The Morgan fingerprint density at radius 2 is 2.35 bits per heavy atom. The topological polar surface area (TPSA) is 80.5 Å². The van der Waals surface area contributed by atoms with E-state index in [1.54, 1.807) is 4.68 Å². The molecule has 1 fully saturated rings. The van der Waals surface area contributed by atoms with Crippen molar-refractivity contribution in [3.63, 3.8) is 0 Å². The molecule has 0 radical (unpaired) electrons. The third kappa shape index (κ3) is 3.34. The van der Waals surface area contributed by atoms with Crippen molar-refractivity contribution in [3.8, 4) is 0 Å². The summed E-state index contributed by atoms with van der Waals surface area (Å²) < 4.78 is 6.66. The molecule has 1 amide bonds. The van der Waals surface area contributed by atoms with Gasteiger partial charge in [-0.3, -0.25) is 4.79 Å². The SMILES string of the molecule is COCC(=O)N1CCCC(c2nc(C)nn2CCO)C1. The van der Waals surface area contributed by atoms with Crippen LogP contribution in [0.25, 0.3) is 0 Å². The number of aromatic nitrogens is 3. The maximum atomic E-state index is 11.9. The van der Waals surface area contributed by atoms with Gasteiger partial charge in [0.1, 0.15) is 18.3 Å². The Hall–Kier alpha value is -1.47. The van der Waals surface area contributed by atoms with Gasteiger partial charge in [-0.25, -0.2) is 9.67 Å². The fourth-order valence-corrected chi connectivity index (χ4v) is 2.66. The lowest BCUT2D eigenvalue weighted by Gasteiger charge is -2.32. The van der Waals surface area contributed by atoms with Crippen molar-refractivity contribution >= 4 is 5.91 Å².